The molecule has 0 radical (unpaired) electrons. The summed E-state index contributed by atoms with van der Waals surface area (Å²) in [5.41, 5.74) is 1.56. The van der Waals surface area contributed by atoms with Crippen LogP contribution >= 0.6 is 11.6 Å². The van der Waals surface area contributed by atoms with Crippen molar-refractivity contribution >= 4 is 23.3 Å². The quantitative estimate of drug-likeness (QED) is 0.431. The van der Waals surface area contributed by atoms with Gasteiger partial charge in [0, 0.05) is 58.0 Å². The lowest BCUT2D eigenvalue weighted by Gasteiger charge is -2.61. The summed E-state index contributed by atoms with van der Waals surface area (Å²) in [4.78, 5) is 29.0. The summed E-state index contributed by atoms with van der Waals surface area (Å²) in [5, 5.41) is 20.3. The molecule has 5 fully saturated rings. The fourth-order valence-electron chi connectivity index (χ4n) is 8.30. The molecule has 1 saturated heterocycles. The molecule has 2 unspecified atom stereocenters. The first-order valence-electron chi connectivity index (χ1n) is 13.0. The van der Waals surface area contributed by atoms with Crippen molar-refractivity contribution in [3.8, 4) is 0 Å². The van der Waals surface area contributed by atoms with Crippen LogP contribution in [-0.4, -0.2) is 66.4 Å². The van der Waals surface area contributed by atoms with Crippen LogP contribution < -0.4 is 0 Å². The van der Waals surface area contributed by atoms with E-state index in [1.807, 2.05) is 40.6 Å². The van der Waals surface area contributed by atoms with Crippen LogP contribution in [0.4, 0.5) is 5.82 Å². The van der Waals surface area contributed by atoms with Crippen LogP contribution in [-0.2, 0) is 23.9 Å². The monoisotopic (exact) mass is 515 g/mol. The first-order chi connectivity index (χ1) is 17.2. The predicted molar refractivity (Wildman–Crippen MR) is 133 cm³/mol. The maximum Gasteiger partial charge on any atom is 0.408 e. The van der Waals surface area contributed by atoms with Crippen LogP contribution in [0.15, 0.2) is 12.4 Å². The zero-order valence-electron chi connectivity index (χ0n) is 21.0. The predicted octanol–water partition coefficient (Wildman–Crippen LogP) is 3.52. The molecule has 10 nitrogen and oxygen atoms in total. The number of nitrogens with zero attached hydrogens (tertiary/aromatic N) is 7. The molecule has 2 atom stereocenters. The Kier molecular flexibility index (Phi) is 5.68. The van der Waals surface area contributed by atoms with E-state index in [4.69, 9.17) is 11.6 Å². The molecule has 4 saturated carbocycles. The smallest absolute Gasteiger partial charge is 0.358 e. The topological polar surface area (TPSA) is 102 Å². The van der Waals surface area contributed by atoms with Crippen molar-refractivity contribution in [3.05, 3.63) is 38.8 Å². The number of carbonyl (C=O) groups excluding carboxylic acids is 1. The lowest BCUT2D eigenvalue weighted by Crippen LogP contribution is -2.58. The summed E-state index contributed by atoms with van der Waals surface area (Å²) in [7, 11) is 1.93. The third kappa shape index (κ3) is 4.02. The molecule has 2 aromatic rings. The summed E-state index contributed by atoms with van der Waals surface area (Å²) in [6, 6.07) is 0. The zero-order chi connectivity index (χ0) is 25.2. The summed E-state index contributed by atoms with van der Waals surface area (Å²) in [6.45, 7) is 5.96. The van der Waals surface area contributed by atoms with Gasteiger partial charge in [0.2, 0.25) is 5.91 Å². The molecule has 11 heteroatoms. The zero-order valence-corrected chi connectivity index (χ0v) is 21.8. The molecule has 0 N–H and O–H groups in total. The Labute approximate surface area is 215 Å². The van der Waals surface area contributed by atoms with Crippen LogP contribution in [0.25, 0.3) is 0 Å². The molecule has 1 amide bonds. The van der Waals surface area contributed by atoms with Crippen LogP contribution in [0, 0.1) is 34.3 Å². The van der Waals surface area contributed by atoms with Crippen molar-refractivity contribution in [1.29, 1.82) is 0 Å². The summed E-state index contributed by atoms with van der Waals surface area (Å²) >= 11 is 6.34. The summed E-state index contributed by atoms with van der Waals surface area (Å²) in [6.07, 6.45) is 10.7. The molecule has 7 rings (SSSR count). The summed E-state index contributed by atoms with van der Waals surface area (Å²) in [5.74, 6) is 1.09. The normalized spacial score (nSPS) is 31.8. The average Bonchev–Trinajstić information content (AvgIpc) is 3.35. The van der Waals surface area contributed by atoms with E-state index in [0.29, 0.717) is 24.0 Å². The molecular formula is C25H34ClN7O3. The Morgan fingerprint density at radius 2 is 1.89 bits per heavy atom. The SMILES string of the molecule is Cc1c(Cl)c([N+](=O)[O-])nn1C12CC3CC(CC(CC(=O)N4CCN(Cc5cnn(C)c5)CC4)(C3)C1)C2. The van der Waals surface area contributed by atoms with Gasteiger partial charge in [-0.3, -0.25) is 14.4 Å². The highest BCUT2D eigenvalue weighted by atomic mass is 35.5. The van der Waals surface area contributed by atoms with Crippen molar-refractivity contribution in [3.63, 3.8) is 0 Å². The van der Waals surface area contributed by atoms with Gasteiger partial charge in [-0.15, -0.1) is 0 Å². The molecule has 4 aliphatic carbocycles. The second kappa shape index (κ2) is 8.55. The Hall–Kier alpha value is -2.46. The van der Waals surface area contributed by atoms with E-state index in [0.717, 1.165) is 64.8 Å². The van der Waals surface area contributed by atoms with Gasteiger partial charge < -0.3 is 15.0 Å². The van der Waals surface area contributed by atoms with E-state index < -0.39 is 4.92 Å². The van der Waals surface area contributed by atoms with E-state index in [1.165, 1.54) is 12.0 Å². The number of aryl methyl sites for hydroxylation is 1. The Morgan fingerprint density at radius 3 is 2.47 bits per heavy atom. The first-order valence-corrected chi connectivity index (χ1v) is 13.4. The molecule has 0 spiro atoms. The number of halogens is 1. The van der Waals surface area contributed by atoms with E-state index >= 15 is 0 Å². The van der Waals surface area contributed by atoms with Gasteiger partial charge in [0.15, 0.2) is 5.02 Å². The van der Waals surface area contributed by atoms with E-state index in [9.17, 15) is 14.9 Å². The van der Waals surface area contributed by atoms with Gasteiger partial charge >= 0.3 is 5.82 Å². The number of nitro groups is 1. The van der Waals surface area contributed by atoms with Crippen molar-refractivity contribution in [2.45, 2.75) is 64.0 Å². The van der Waals surface area contributed by atoms with Crippen LogP contribution in [0.1, 0.15) is 56.2 Å². The molecular weight excluding hydrogens is 482 g/mol. The second-order valence-corrected chi connectivity index (χ2v) is 12.3. The van der Waals surface area contributed by atoms with Crippen LogP contribution in [0.5, 0.6) is 0 Å². The molecule has 0 aromatic carbocycles. The fraction of sp³-hybridized carbons (Fsp3) is 0.720. The molecule has 36 heavy (non-hydrogen) atoms. The molecule has 194 valence electrons. The number of amides is 1. The number of hydrogen-bond donors (Lipinski definition) is 0. The van der Waals surface area contributed by atoms with Crippen molar-refractivity contribution in [1.82, 2.24) is 29.4 Å². The highest BCUT2D eigenvalue weighted by Crippen LogP contribution is 2.65. The minimum atomic E-state index is -0.487. The van der Waals surface area contributed by atoms with Gasteiger partial charge in [-0.05, 0) is 67.6 Å². The van der Waals surface area contributed by atoms with Gasteiger partial charge in [-0.1, -0.05) is 11.6 Å². The second-order valence-electron chi connectivity index (χ2n) is 11.9. The molecule has 4 bridgehead atoms. The number of aromatic nitrogens is 4. The average molecular weight is 516 g/mol. The Balaban J connectivity index is 1.16. The minimum absolute atomic E-state index is 0.0480. The molecule has 3 heterocycles. The van der Waals surface area contributed by atoms with Crippen LogP contribution in [0.2, 0.25) is 5.02 Å². The van der Waals surface area contributed by atoms with Crippen LogP contribution in [0.3, 0.4) is 0 Å². The minimum Gasteiger partial charge on any atom is -0.358 e. The van der Waals surface area contributed by atoms with Gasteiger partial charge in [0.05, 0.1) is 22.5 Å². The third-order valence-corrected chi connectivity index (χ3v) is 9.66. The first kappa shape index (κ1) is 23.9. The van der Waals surface area contributed by atoms with Gasteiger partial charge in [-0.2, -0.15) is 9.78 Å². The fourth-order valence-corrected chi connectivity index (χ4v) is 8.49. The summed E-state index contributed by atoms with van der Waals surface area (Å²) < 4.78 is 3.70. The van der Waals surface area contributed by atoms with Crippen molar-refractivity contribution in [2.75, 3.05) is 26.2 Å². The van der Waals surface area contributed by atoms with E-state index in [-0.39, 0.29) is 27.7 Å². The standard InChI is InChI=1S/C25H34ClN7O3/c1-17-22(26)23(33(35)36)28-32(17)25-10-18-7-19(11-25)9-24(8-18,16-25)12-21(34)31-5-3-30(4-6-31)15-20-13-27-29(2)14-20/h13-14,18-19H,3-12,15-16H2,1-2H3. The number of rotatable bonds is 6. The number of carbonyl (C=O) groups is 1. The number of hydrogen-bond acceptors (Lipinski definition) is 6. The largest absolute Gasteiger partial charge is 0.408 e. The molecule has 2 aromatic heterocycles. The lowest BCUT2D eigenvalue weighted by molar-refractivity contribution is -0.389. The van der Waals surface area contributed by atoms with Gasteiger partial charge in [0.1, 0.15) is 0 Å². The molecule has 5 aliphatic rings. The Morgan fingerprint density at radius 1 is 1.19 bits per heavy atom. The van der Waals surface area contributed by atoms with Gasteiger partial charge in [-0.25, -0.2) is 0 Å². The van der Waals surface area contributed by atoms with Crippen molar-refractivity contribution < 1.29 is 9.72 Å². The third-order valence-electron chi connectivity index (χ3n) is 9.22. The van der Waals surface area contributed by atoms with Crippen molar-refractivity contribution in [2.24, 2.45) is 24.3 Å². The lowest BCUT2D eigenvalue weighted by atomic mass is 9.46. The van der Waals surface area contributed by atoms with E-state index in [1.54, 1.807) is 0 Å². The maximum absolute atomic E-state index is 13.6. The van der Waals surface area contributed by atoms with Gasteiger partial charge in [0.25, 0.3) is 0 Å². The van der Waals surface area contributed by atoms with E-state index in [2.05, 4.69) is 15.1 Å². The highest BCUT2D eigenvalue weighted by molar-refractivity contribution is 6.33. The number of piperazine rings is 1. The maximum atomic E-state index is 13.6. The molecule has 1 aliphatic heterocycles. The highest BCUT2D eigenvalue weighted by Gasteiger charge is 2.61. The Bertz CT molecular complexity index is 1180.